The summed E-state index contributed by atoms with van der Waals surface area (Å²) in [5, 5.41) is 9.09. The lowest BCUT2D eigenvalue weighted by molar-refractivity contribution is 0.111. The number of nitrogens with zero attached hydrogens (tertiary/aromatic N) is 2. The molecule has 1 aliphatic carbocycles. The lowest BCUT2D eigenvalue weighted by Gasteiger charge is -2.38. The number of fused-ring (bicyclic) bond motifs is 3. The normalized spacial score (nSPS) is 26.5. The van der Waals surface area contributed by atoms with E-state index in [9.17, 15) is 4.79 Å². The van der Waals surface area contributed by atoms with Gasteiger partial charge in [0.2, 0.25) is 0 Å². The third-order valence-corrected chi connectivity index (χ3v) is 5.24. The van der Waals surface area contributed by atoms with Crippen LogP contribution in [0.2, 0.25) is 0 Å². The van der Waals surface area contributed by atoms with Crippen molar-refractivity contribution in [3.05, 3.63) is 30.3 Å². The van der Waals surface area contributed by atoms with E-state index in [0.29, 0.717) is 0 Å². The SMILES string of the molecule is C1CN2CCC1CC2.O=C(O)N(c1ccccc1)C1CCC1. The molecule has 0 spiro atoms. The highest BCUT2D eigenvalue weighted by atomic mass is 16.4. The second-order valence-corrected chi connectivity index (χ2v) is 6.65. The van der Waals surface area contributed by atoms with Gasteiger partial charge in [-0.05, 0) is 76.2 Å². The second kappa shape index (κ2) is 7.14. The summed E-state index contributed by atoms with van der Waals surface area (Å²) in [4.78, 5) is 15.1. The van der Waals surface area contributed by atoms with Crippen molar-refractivity contribution >= 4 is 11.8 Å². The van der Waals surface area contributed by atoms with E-state index in [2.05, 4.69) is 4.90 Å². The quantitative estimate of drug-likeness (QED) is 0.903. The Bertz CT molecular complexity index is 456. The van der Waals surface area contributed by atoms with E-state index >= 15 is 0 Å². The number of hydrogen-bond donors (Lipinski definition) is 1. The molecule has 4 fully saturated rings. The molecule has 4 heteroatoms. The number of carbonyl (C=O) groups is 1. The minimum atomic E-state index is -0.846. The number of anilines is 1. The van der Waals surface area contributed by atoms with Crippen LogP contribution in [0.3, 0.4) is 0 Å². The molecule has 1 N–H and O–H groups in total. The van der Waals surface area contributed by atoms with Gasteiger partial charge in [0, 0.05) is 11.7 Å². The largest absolute Gasteiger partial charge is 0.465 e. The summed E-state index contributed by atoms with van der Waals surface area (Å²) in [5.74, 6) is 1.11. The first kappa shape index (κ1) is 15.3. The molecular formula is C18H26N2O2. The number of hydrogen-bond acceptors (Lipinski definition) is 2. The molecular weight excluding hydrogens is 276 g/mol. The van der Waals surface area contributed by atoms with Crippen molar-refractivity contribution in [1.82, 2.24) is 4.90 Å². The van der Waals surface area contributed by atoms with Crippen molar-refractivity contribution in [1.29, 1.82) is 0 Å². The van der Waals surface area contributed by atoms with Gasteiger partial charge >= 0.3 is 6.09 Å². The second-order valence-electron chi connectivity index (χ2n) is 6.65. The maximum absolute atomic E-state index is 11.1. The minimum Gasteiger partial charge on any atom is -0.465 e. The van der Waals surface area contributed by atoms with Crippen molar-refractivity contribution in [2.45, 2.75) is 44.6 Å². The van der Waals surface area contributed by atoms with Gasteiger partial charge < -0.3 is 10.0 Å². The summed E-state index contributed by atoms with van der Waals surface area (Å²) in [5.41, 5.74) is 0.782. The summed E-state index contributed by atoms with van der Waals surface area (Å²) in [6, 6.07) is 9.49. The van der Waals surface area contributed by atoms with Crippen LogP contribution in [-0.2, 0) is 0 Å². The topological polar surface area (TPSA) is 43.8 Å². The van der Waals surface area contributed by atoms with Crippen LogP contribution in [0.4, 0.5) is 10.5 Å². The van der Waals surface area contributed by atoms with Gasteiger partial charge in [-0.25, -0.2) is 4.79 Å². The molecule has 0 atom stereocenters. The number of amides is 1. The number of rotatable bonds is 2. The number of para-hydroxylation sites is 1. The smallest absolute Gasteiger partial charge is 0.412 e. The van der Waals surface area contributed by atoms with Gasteiger partial charge in [-0.3, -0.25) is 4.90 Å². The summed E-state index contributed by atoms with van der Waals surface area (Å²) in [6.45, 7) is 4.18. The highest BCUT2D eigenvalue weighted by molar-refractivity contribution is 5.86. The average molecular weight is 302 g/mol. The maximum Gasteiger partial charge on any atom is 0.412 e. The van der Waals surface area contributed by atoms with Crippen LogP contribution in [0.5, 0.6) is 0 Å². The highest BCUT2D eigenvalue weighted by Gasteiger charge is 2.29. The van der Waals surface area contributed by atoms with Gasteiger partial charge in [0.25, 0.3) is 0 Å². The molecule has 3 aliphatic heterocycles. The van der Waals surface area contributed by atoms with Crippen LogP contribution in [0.1, 0.15) is 38.5 Å². The van der Waals surface area contributed by atoms with Crippen LogP contribution >= 0.6 is 0 Å². The Morgan fingerprint density at radius 1 is 1.00 bits per heavy atom. The molecule has 3 heterocycles. The summed E-state index contributed by atoms with van der Waals surface area (Å²) < 4.78 is 0. The molecule has 4 aliphatic rings. The van der Waals surface area contributed by atoms with Gasteiger partial charge in [-0.15, -0.1) is 0 Å². The Hall–Kier alpha value is -1.55. The maximum atomic E-state index is 11.1. The number of piperidine rings is 3. The van der Waals surface area contributed by atoms with Crippen LogP contribution in [0.25, 0.3) is 0 Å². The Balaban J connectivity index is 0.000000151. The molecule has 5 rings (SSSR count). The molecule has 0 radical (unpaired) electrons. The Labute approximate surface area is 132 Å². The van der Waals surface area contributed by atoms with E-state index in [1.807, 2.05) is 30.3 Å². The molecule has 1 saturated carbocycles. The van der Waals surface area contributed by atoms with Gasteiger partial charge in [0.05, 0.1) is 0 Å². The van der Waals surface area contributed by atoms with E-state index in [1.54, 1.807) is 0 Å². The molecule has 1 aromatic rings. The van der Waals surface area contributed by atoms with Crippen LogP contribution in [-0.4, -0.2) is 41.8 Å². The fourth-order valence-corrected chi connectivity index (χ4v) is 3.57. The van der Waals surface area contributed by atoms with Crippen molar-refractivity contribution < 1.29 is 9.90 Å². The first-order chi connectivity index (χ1) is 10.7. The molecule has 120 valence electrons. The van der Waals surface area contributed by atoms with Crippen molar-refractivity contribution in [2.75, 3.05) is 24.5 Å². The Morgan fingerprint density at radius 3 is 1.91 bits per heavy atom. The molecule has 4 nitrogen and oxygen atoms in total. The fraction of sp³-hybridized carbons (Fsp3) is 0.611. The zero-order valence-electron chi connectivity index (χ0n) is 13.2. The summed E-state index contributed by atoms with van der Waals surface area (Å²) >= 11 is 0. The highest BCUT2D eigenvalue weighted by Crippen LogP contribution is 2.29. The van der Waals surface area contributed by atoms with Crippen LogP contribution in [0, 0.1) is 5.92 Å². The summed E-state index contributed by atoms with van der Waals surface area (Å²) in [6.07, 6.45) is 6.73. The Kier molecular flexibility index (Phi) is 4.98. The van der Waals surface area contributed by atoms with E-state index in [-0.39, 0.29) is 6.04 Å². The molecule has 1 amide bonds. The lowest BCUT2D eigenvalue weighted by Crippen LogP contribution is -2.43. The van der Waals surface area contributed by atoms with Crippen molar-refractivity contribution in [2.24, 2.45) is 5.92 Å². The fourth-order valence-electron chi connectivity index (χ4n) is 3.57. The van der Waals surface area contributed by atoms with E-state index < -0.39 is 6.09 Å². The van der Waals surface area contributed by atoms with Gasteiger partial charge in [0.15, 0.2) is 0 Å². The molecule has 1 aromatic carbocycles. The van der Waals surface area contributed by atoms with Crippen LogP contribution in [0.15, 0.2) is 30.3 Å². The zero-order valence-corrected chi connectivity index (χ0v) is 13.2. The van der Waals surface area contributed by atoms with E-state index in [1.165, 1.54) is 43.8 Å². The number of carboxylic acid groups (broad SMARTS) is 1. The van der Waals surface area contributed by atoms with Gasteiger partial charge in [0.1, 0.15) is 0 Å². The van der Waals surface area contributed by atoms with Crippen LogP contribution < -0.4 is 4.90 Å². The zero-order chi connectivity index (χ0) is 15.4. The van der Waals surface area contributed by atoms with Gasteiger partial charge in [-0.2, -0.15) is 0 Å². The molecule has 0 aromatic heterocycles. The monoisotopic (exact) mass is 302 g/mol. The third kappa shape index (κ3) is 3.61. The molecule has 3 saturated heterocycles. The predicted octanol–water partition coefficient (Wildman–Crippen LogP) is 3.83. The molecule has 22 heavy (non-hydrogen) atoms. The minimum absolute atomic E-state index is 0.190. The average Bonchev–Trinajstić information content (AvgIpc) is 2.54. The first-order valence-corrected chi connectivity index (χ1v) is 8.53. The van der Waals surface area contributed by atoms with Crippen molar-refractivity contribution in [3.63, 3.8) is 0 Å². The lowest BCUT2D eigenvalue weighted by atomic mass is 9.89. The molecule has 2 bridgehead atoms. The Morgan fingerprint density at radius 2 is 1.59 bits per heavy atom. The van der Waals surface area contributed by atoms with Crippen molar-refractivity contribution in [3.8, 4) is 0 Å². The van der Waals surface area contributed by atoms with E-state index in [0.717, 1.165) is 30.9 Å². The first-order valence-electron chi connectivity index (χ1n) is 8.53. The molecule has 0 unspecified atom stereocenters. The number of benzene rings is 1. The predicted molar refractivity (Wildman–Crippen MR) is 88.4 cm³/mol. The third-order valence-electron chi connectivity index (χ3n) is 5.24. The van der Waals surface area contributed by atoms with E-state index in [4.69, 9.17) is 5.11 Å². The van der Waals surface area contributed by atoms with Gasteiger partial charge in [-0.1, -0.05) is 18.2 Å². The summed E-state index contributed by atoms with van der Waals surface area (Å²) in [7, 11) is 0. The standard InChI is InChI=1S/C11H13NO2.C7H13N/c13-11(14)12(10-7-4-8-10)9-5-2-1-3-6-9;1-4-8-5-2-7(1)3-6-8/h1-3,5-6,10H,4,7-8H2,(H,13,14);7H,1-6H2.